The normalized spacial score (nSPS) is 11.7. The maximum atomic E-state index is 12.7. The first-order chi connectivity index (χ1) is 15.3. The van der Waals surface area contributed by atoms with E-state index >= 15 is 0 Å². The highest BCUT2D eigenvalue weighted by Crippen LogP contribution is 2.31. The number of carbonyl (C=O) groups excluding carboxylic acids is 2. The van der Waals surface area contributed by atoms with Gasteiger partial charge in [-0.2, -0.15) is 0 Å². The Balaban J connectivity index is 1.75. The molecule has 0 aliphatic heterocycles. The second-order valence-corrected chi connectivity index (χ2v) is 7.87. The van der Waals surface area contributed by atoms with E-state index in [1.807, 2.05) is 36.5 Å². The van der Waals surface area contributed by atoms with Crippen molar-refractivity contribution >= 4 is 41.0 Å². The van der Waals surface area contributed by atoms with Crippen LogP contribution >= 0.6 is 23.2 Å². The molecular formula is C22H20Cl2N4O4. The van der Waals surface area contributed by atoms with E-state index in [1.54, 1.807) is 23.0 Å². The Kier molecular flexibility index (Phi) is 7.50. The number of hydrogen-bond donors (Lipinski definition) is 3. The number of rotatable bonds is 9. The zero-order valence-electron chi connectivity index (χ0n) is 16.8. The third-order valence-corrected chi connectivity index (χ3v) is 5.44. The second-order valence-electron chi connectivity index (χ2n) is 7.06. The summed E-state index contributed by atoms with van der Waals surface area (Å²) in [6.45, 7) is -0.178. The van der Waals surface area contributed by atoms with Crippen LogP contribution in [0.4, 0.5) is 4.79 Å². The van der Waals surface area contributed by atoms with Gasteiger partial charge in [-0.15, -0.1) is 0 Å². The molecule has 2 amide bonds. The summed E-state index contributed by atoms with van der Waals surface area (Å²) in [4.78, 5) is 39.2. The van der Waals surface area contributed by atoms with Crippen LogP contribution in [0.5, 0.6) is 0 Å². The standard InChI is InChI=1S/C22H20Cl2N4O4/c23-16-8-15(28-11-18(27-12-28)13-4-2-1-3-5-13)9-17(24)20(16)19(29)7-6-14(21(30)31)10-26-22(25)32/h1-5,8-9,11-12,14H,6-7,10H2,(H,30,31)(H3,25,26,32)/t14-/m0/s1. The minimum absolute atomic E-state index is 0.00912. The van der Waals surface area contributed by atoms with Gasteiger partial charge in [0, 0.05) is 30.4 Å². The number of halogens is 2. The molecule has 0 spiro atoms. The van der Waals surface area contributed by atoms with Crippen molar-refractivity contribution < 1.29 is 19.5 Å². The van der Waals surface area contributed by atoms with E-state index in [1.165, 1.54) is 0 Å². The topological polar surface area (TPSA) is 127 Å². The molecule has 8 nitrogen and oxygen atoms in total. The van der Waals surface area contributed by atoms with Crippen LogP contribution in [0.15, 0.2) is 55.0 Å². The minimum atomic E-state index is -1.14. The van der Waals surface area contributed by atoms with Crippen molar-refractivity contribution in [1.82, 2.24) is 14.9 Å². The van der Waals surface area contributed by atoms with E-state index in [4.69, 9.17) is 28.9 Å². The number of ketones is 1. The Hall–Kier alpha value is -3.36. The summed E-state index contributed by atoms with van der Waals surface area (Å²) in [5.74, 6) is -2.51. The molecule has 0 aliphatic rings. The first-order valence-electron chi connectivity index (χ1n) is 9.64. The number of carboxylic acid groups (broad SMARTS) is 1. The lowest BCUT2D eigenvalue weighted by Gasteiger charge is -2.13. The molecule has 3 aromatic rings. The predicted molar refractivity (Wildman–Crippen MR) is 121 cm³/mol. The highest BCUT2D eigenvalue weighted by Gasteiger charge is 2.22. The number of amides is 2. The molecule has 0 fully saturated rings. The van der Waals surface area contributed by atoms with Gasteiger partial charge in [-0.05, 0) is 18.6 Å². The van der Waals surface area contributed by atoms with Gasteiger partial charge < -0.3 is 20.7 Å². The molecule has 1 heterocycles. The number of primary amides is 1. The molecule has 4 N–H and O–H groups in total. The van der Waals surface area contributed by atoms with E-state index in [0.29, 0.717) is 5.69 Å². The lowest BCUT2D eigenvalue weighted by atomic mass is 9.98. The van der Waals surface area contributed by atoms with Gasteiger partial charge in [-0.25, -0.2) is 9.78 Å². The van der Waals surface area contributed by atoms with Crippen LogP contribution in [0.3, 0.4) is 0 Å². The number of nitrogens with zero attached hydrogens (tertiary/aromatic N) is 2. The highest BCUT2D eigenvalue weighted by atomic mass is 35.5. The smallest absolute Gasteiger partial charge is 0.312 e. The predicted octanol–water partition coefficient (Wildman–Crippen LogP) is 4.18. The Morgan fingerprint density at radius 1 is 1.12 bits per heavy atom. The first-order valence-corrected chi connectivity index (χ1v) is 10.4. The minimum Gasteiger partial charge on any atom is -0.481 e. The molecule has 0 radical (unpaired) electrons. The van der Waals surface area contributed by atoms with Crippen LogP contribution < -0.4 is 11.1 Å². The SMILES string of the molecule is NC(=O)NC[C@H](CCC(=O)c1c(Cl)cc(-n2cnc(-c3ccccc3)c2)cc1Cl)C(=O)O. The lowest BCUT2D eigenvalue weighted by Crippen LogP contribution is -2.36. The summed E-state index contributed by atoms with van der Waals surface area (Å²) in [7, 11) is 0. The Bertz CT molecular complexity index is 1120. The van der Waals surface area contributed by atoms with Crippen LogP contribution in [0.1, 0.15) is 23.2 Å². The summed E-state index contributed by atoms with van der Waals surface area (Å²) in [6.07, 6.45) is 3.32. The third-order valence-electron chi connectivity index (χ3n) is 4.85. The van der Waals surface area contributed by atoms with Crippen LogP contribution in [-0.2, 0) is 4.79 Å². The molecule has 3 rings (SSSR count). The van der Waals surface area contributed by atoms with Crippen molar-refractivity contribution in [3.8, 4) is 16.9 Å². The largest absolute Gasteiger partial charge is 0.481 e. The van der Waals surface area contributed by atoms with E-state index in [2.05, 4.69) is 10.3 Å². The van der Waals surface area contributed by atoms with Gasteiger partial charge in [0.05, 0.1) is 33.5 Å². The van der Waals surface area contributed by atoms with Crippen LogP contribution in [0.2, 0.25) is 10.0 Å². The van der Waals surface area contributed by atoms with Gasteiger partial charge >= 0.3 is 12.0 Å². The van der Waals surface area contributed by atoms with Gasteiger partial charge in [-0.3, -0.25) is 9.59 Å². The number of carbonyl (C=O) groups is 3. The van der Waals surface area contributed by atoms with Gasteiger partial charge in [0.2, 0.25) is 0 Å². The Labute approximate surface area is 194 Å². The fourth-order valence-electron chi connectivity index (χ4n) is 3.16. The van der Waals surface area contributed by atoms with Gasteiger partial charge in [0.1, 0.15) is 0 Å². The van der Waals surface area contributed by atoms with Crippen molar-refractivity contribution in [3.05, 3.63) is 70.6 Å². The van der Waals surface area contributed by atoms with Gasteiger partial charge in [-0.1, -0.05) is 53.5 Å². The maximum absolute atomic E-state index is 12.7. The van der Waals surface area contributed by atoms with Gasteiger partial charge in [0.15, 0.2) is 5.78 Å². The number of benzene rings is 2. The molecule has 10 heteroatoms. The number of urea groups is 1. The third kappa shape index (κ3) is 5.66. The van der Waals surface area contributed by atoms with Gasteiger partial charge in [0.25, 0.3) is 0 Å². The molecule has 166 valence electrons. The monoisotopic (exact) mass is 474 g/mol. The highest BCUT2D eigenvalue weighted by molar-refractivity contribution is 6.40. The zero-order valence-corrected chi connectivity index (χ0v) is 18.3. The maximum Gasteiger partial charge on any atom is 0.312 e. The molecule has 0 saturated heterocycles. The second kappa shape index (κ2) is 10.3. The molecule has 0 saturated carbocycles. The van der Waals surface area contributed by atoms with E-state index in [9.17, 15) is 19.5 Å². The summed E-state index contributed by atoms with van der Waals surface area (Å²) < 4.78 is 1.74. The van der Waals surface area contributed by atoms with Crippen LogP contribution in [-0.4, -0.2) is 39.0 Å². The first kappa shape index (κ1) is 23.3. The number of imidazole rings is 1. The molecule has 1 aromatic heterocycles. The van der Waals surface area contributed by atoms with Crippen molar-refractivity contribution in [1.29, 1.82) is 0 Å². The van der Waals surface area contributed by atoms with E-state index in [0.717, 1.165) is 11.3 Å². The lowest BCUT2D eigenvalue weighted by molar-refractivity contribution is -0.141. The number of Topliss-reactive ketones (excluding diaryl/α,β-unsaturated/α-hetero) is 1. The quantitative estimate of drug-likeness (QED) is 0.400. The average molecular weight is 475 g/mol. The van der Waals surface area contributed by atoms with E-state index < -0.39 is 23.7 Å². The van der Waals surface area contributed by atoms with E-state index in [-0.39, 0.29) is 35.0 Å². The summed E-state index contributed by atoms with van der Waals surface area (Å²) >= 11 is 12.7. The number of hydrogen-bond acceptors (Lipinski definition) is 4. The molecule has 32 heavy (non-hydrogen) atoms. The summed E-state index contributed by atoms with van der Waals surface area (Å²) in [6, 6.07) is 12.0. The fraction of sp³-hybridized carbons (Fsp3) is 0.182. The van der Waals surface area contributed by atoms with Crippen molar-refractivity contribution in [2.24, 2.45) is 11.7 Å². The Morgan fingerprint density at radius 3 is 2.38 bits per heavy atom. The van der Waals surface area contributed by atoms with Crippen molar-refractivity contribution in [3.63, 3.8) is 0 Å². The summed E-state index contributed by atoms with van der Waals surface area (Å²) in [5, 5.41) is 11.8. The van der Waals surface area contributed by atoms with Crippen LogP contribution in [0, 0.1) is 5.92 Å². The van der Waals surface area contributed by atoms with Crippen LogP contribution in [0.25, 0.3) is 16.9 Å². The Morgan fingerprint density at radius 2 is 1.78 bits per heavy atom. The summed E-state index contributed by atoms with van der Waals surface area (Å²) in [5.41, 5.74) is 7.44. The molecular weight excluding hydrogens is 455 g/mol. The molecule has 1 atom stereocenters. The molecule has 0 bridgehead atoms. The zero-order chi connectivity index (χ0) is 23.3. The number of nitrogens with one attached hydrogen (secondary N) is 1. The number of carboxylic acids is 1. The van der Waals surface area contributed by atoms with Crippen molar-refractivity contribution in [2.45, 2.75) is 12.8 Å². The number of nitrogens with two attached hydrogens (primary N) is 1. The molecule has 0 aliphatic carbocycles. The fourth-order valence-corrected chi connectivity index (χ4v) is 3.85. The number of aliphatic carboxylic acids is 1. The van der Waals surface area contributed by atoms with Crippen molar-refractivity contribution in [2.75, 3.05) is 6.54 Å². The average Bonchev–Trinajstić information content (AvgIpc) is 3.23. The number of aromatic nitrogens is 2. The molecule has 0 unspecified atom stereocenters. The molecule has 2 aromatic carbocycles.